The molecule has 0 spiro atoms. The van der Waals surface area contributed by atoms with Crippen LogP contribution in [-0.4, -0.2) is 46.3 Å². The van der Waals surface area contributed by atoms with Crippen molar-refractivity contribution in [3.8, 4) is 17.1 Å². The normalized spacial score (nSPS) is 17.5. The molecule has 152 valence electrons. The molecule has 0 bridgehead atoms. The van der Waals surface area contributed by atoms with Gasteiger partial charge >= 0.3 is 0 Å². The van der Waals surface area contributed by atoms with Gasteiger partial charge in [-0.3, -0.25) is 0 Å². The van der Waals surface area contributed by atoms with E-state index in [9.17, 15) is 5.11 Å². The summed E-state index contributed by atoms with van der Waals surface area (Å²) < 4.78 is 5.20. The Morgan fingerprint density at radius 1 is 1.36 bits per heavy atom. The lowest BCUT2D eigenvalue weighted by Crippen LogP contribution is -2.47. The van der Waals surface area contributed by atoms with Gasteiger partial charge in [-0.15, -0.1) is 0 Å². The number of pyridine rings is 1. The number of hydrogen-bond donors (Lipinski definition) is 2. The monoisotopic (exact) mass is 405 g/mol. The fourth-order valence-electron chi connectivity index (χ4n) is 3.59. The number of nitrogens with two attached hydrogens (primary N) is 1. The summed E-state index contributed by atoms with van der Waals surface area (Å²) in [4.78, 5) is 15.8. The van der Waals surface area contributed by atoms with E-state index in [0.29, 0.717) is 27.9 Å². The Hall–Kier alpha value is -1.96. The molecule has 0 unspecified atom stereocenters. The molecular formula is C20H28ClN5O2. The number of aliphatic hydroxyl groups excluding tert-OH is 1. The summed E-state index contributed by atoms with van der Waals surface area (Å²) in [6.07, 6.45) is 3.57. The molecule has 0 saturated carbocycles. The lowest BCUT2D eigenvalue weighted by Gasteiger charge is -2.42. The van der Waals surface area contributed by atoms with Crippen molar-refractivity contribution in [3.05, 3.63) is 28.7 Å². The number of halogens is 1. The first-order valence-corrected chi connectivity index (χ1v) is 9.86. The van der Waals surface area contributed by atoms with Crippen LogP contribution in [-0.2, 0) is 6.61 Å². The number of hydrogen-bond acceptors (Lipinski definition) is 7. The van der Waals surface area contributed by atoms with E-state index >= 15 is 0 Å². The fourth-order valence-corrected chi connectivity index (χ4v) is 3.87. The zero-order valence-corrected chi connectivity index (χ0v) is 17.6. The van der Waals surface area contributed by atoms with Crippen LogP contribution in [0.4, 0.5) is 5.82 Å². The summed E-state index contributed by atoms with van der Waals surface area (Å²) in [7, 11) is 1.52. The van der Waals surface area contributed by atoms with Gasteiger partial charge in [0.15, 0.2) is 5.82 Å². The van der Waals surface area contributed by atoms with Crippen molar-refractivity contribution < 1.29 is 9.84 Å². The predicted octanol–water partition coefficient (Wildman–Crippen LogP) is 2.96. The summed E-state index contributed by atoms with van der Waals surface area (Å²) in [5.74, 6) is 1.06. The third-order valence-electron chi connectivity index (χ3n) is 5.88. The molecule has 1 aliphatic rings. The number of nitrogens with zero attached hydrogens (tertiary/aromatic N) is 4. The van der Waals surface area contributed by atoms with Crippen LogP contribution < -0.4 is 15.4 Å². The molecule has 0 radical (unpaired) electrons. The molecule has 0 amide bonds. The Kier molecular flexibility index (Phi) is 6.07. The van der Waals surface area contributed by atoms with Gasteiger partial charge in [-0.25, -0.2) is 15.0 Å². The molecule has 2 aromatic rings. The van der Waals surface area contributed by atoms with Gasteiger partial charge in [0.2, 0.25) is 5.88 Å². The van der Waals surface area contributed by atoms with Gasteiger partial charge in [0.1, 0.15) is 10.7 Å². The van der Waals surface area contributed by atoms with Crippen molar-refractivity contribution in [2.75, 3.05) is 25.1 Å². The summed E-state index contributed by atoms with van der Waals surface area (Å²) in [5.41, 5.74) is 8.88. The third-order valence-corrected chi connectivity index (χ3v) is 6.25. The lowest BCUT2D eigenvalue weighted by molar-refractivity contribution is 0.204. The van der Waals surface area contributed by atoms with Crippen LogP contribution in [0.5, 0.6) is 5.88 Å². The average molecular weight is 406 g/mol. The maximum absolute atomic E-state index is 9.95. The van der Waals surface area contributed by atoms with Crippen LogP contribution >= 0.6 is 11.6 Å². The van der Waals surface area contributed by atoms with Crippen molar-refractivity contribution in [2.24, 2.45) is 11.1 Å². The van der Waals surface area contributed by atoms with Crippen LogP contribution in [0.3, 0.4) is 0 Å². The number of anilines is 1. The highest BCUT2D eigenvalue weighted by Crippen LogP contribution is 2.37. The van der Waals surface area contributed by atoms with E-state index in [1.165, 1.54) is 7.11 Å². The Morgan fingerprint density at radius 3 is 2.61 bits per heavy atom. The number of rotatable bonds is 5. The number of piperidine rings is 1. The zero-order valence-electron chi connectivity index (χ0n) is 16.9. The maximum atomic E-state index is 9.95. The quantitative estimate of drug-likeness (QED) is 0.789. The van der Waals surface area contributed by atoms with Crippen LogP contribution in [0.2, 0.25) is 5.02 Å². The Labute approximate surface area is 170 Å². The molecule has 3 heterocycles. The smallest absolute Gasteiger partial charge is 0.232 e. The fraction of sp³-hybridized carbons (Fsp3) is 0.550. The predicted molar refractivity (Wildman–Crippen MR) is 111 cm³/mol. The van der Waals surface area contributed by atoms with Crippen molar-refractivity contribution in [3.63, 3.8) is 0 Å². The summed E-state index contributed by atoms with van der Waals surface area (Å²) in [6.45, 7) is 7.68. The molecule has 7 nitrogen and oxygen atoms in total. The minimum Gasteiger partial charge on any atom is -0.480 e. The molecule has 2 aromatic heterocycles. The highest BCUT2D eigenvalue weighted by Gasteiger charge is 2.34. The molecule has 28 heavy (non-hydrogen) atoms. The molecule has 3 N–H and O–H groups in total. The SMILES string of the molecule is COc1nccc(-c2nc(CO)c(N3CCC(C)([C@@H](C)N)CC3)nc2C)c1Cl. The number of ether oxygens (including phenoxy) is 1. The van der Waals surface area contributed by atoms with E-state index in [2.05, 4.69) is 23.7 Å². The summed E-state index contributed by atoms with van der Waals surface area (Å²) >= 11 is 6.42. The zero-order chi connectivity index (χ0) is 20.5. The number of aryl methyl sites for hydroxylation is 1. The highest BCUT2D eigenvalue weighted by molar-refractivity contribution is 6.34. The van der Waals surface area contributed by atoms with Crippen molar-refractivity contribution in [1.29, 1.82) is 0 Å². The van der Waals surface area contributed by atoms with Crippen LogP contribution in [0.1, 0.15) is 38.1 Å². The maximum Gasteiger partial charge on any atom is 0.232 e. The van der Waals surface area contributed by atoms with Crippen molar-refractivity contribution in [1.82, 2.24) is 15.0 Å². The first-order valence-electron chi connectivity index (χ1n) is 9.48. The summed E-state index contributed by atoms with van der Waals surface area (Å²) in [5, 5.41) is 10.3. The minimum absolute atomic E-state index is 0.124. The van der Waals surface area contributed by atoms with Crippen LogP contribution in [0.25, 0.3) is 11.3 Å². The van der Waals surface area contributed by atoms with E-state index in [4.69, 9.17) is 32.0 Å². The van der Waals surface area contributed by atoms with E-state index < -0.39 is 0 Å². The molecular weight excluding hydrogens is 378 g/mol. The average Bonchev–Trinajstić information content (AvgIpc) is 2.69. The van der Waals surface area contributed by atoms with E-state index in [0.717, 1.165) is 37.4 Å². The van der Waals surface area contributed by atoms with E-state index in [1.807, 2.05) is 6.92 Å². The van der Waals surface area contributed by atoms with Gasteiger partial charge in [0.25, 0.3) is 0 Å². The van der Waals surface area contributed by atoms with Crippen LogP contribution in [0.15, 0.2) is 12.3 Å². The van der Waals surface area contributed by atoms with Gasteiger partial charge in [0, 0.05) is 30.9 Å². The first kappa shape index (κ1) is 20.8. The Morgan fingerprint density at radius 2 is 2.04 bits per heavy atom. The Balaban J connectivity index is 1.96. The molecule has 1 aliphatic heterocycles. The molecule has 1 atom stereocenters. The first-order chi connectivity index (χ1) is 13.3. The van der Waals surface area contributed by atoms with E-state index in [-0.39, 0.29) is 18.1 Å². The minimum atomic E-state index is -0.198. The number of aromatic nitrogens is 3. The second-order valence-corrected chi connectivity index (χ2v) is 8.08. The molecule has 1 saturated heterocycles. The standard InChI is InChI=1S/C20H28ClN5O2/c1-12-17(14-5-8-23-19(28-4)16(14)21)25-15(11-27)18(24-12)26-9-6-20(3,7-10-26)13(2)22/h5,8,13,27H,6-7,9-11,22H2,1-4H3/t13-/m1/s1. The van der Waals surface area contributed by atoms with Gasteiger partial charge in [-0.2, -0.15) is 0 Å². The third kappa shape index (κ3) is 3.79. The van der Waals surface area contributed by atoms with Crippen LogP contribution in [0, 0.1) is 12.3 Å². The topological polar surface area (TPSA) is 97.4 Å². The van der Waals surface area contributed by atoms with Gasteiger partial charge in [-0.1, -0.05) is 18.5 Å². The molecule has 3 rings (SSSR count). The van der Waals surface area contributed by atoms with E-state index in [1.54, 1.807) is 12.3 Å². The van der Waals surface area contributed by atoms with Crippen molar-refractivity contribution in [2.45, 2.75) is 46.3 Å². The molecule has 0 aliphatic carbocycles. The largest absolute Gasteiger partial charge is 0.480 e. The summed E-state index contributed by atoms with van der Waals surface area (Å²) in [6, 6.07) is 1.92. The number of aliphatic hydroxyl groups is 1. The number of methoxy groups -OCH3 is 1. The second-order valence-electron chi connectivity index (χ2n) is 7.70. The second kappa shape index (κ2) is 8.19. The van der Waals surface area contributed by atoms with Gasteiger partial charge in [-0.05, 0) is 38.2 Å². The lowest BCUT2D eigenvalue weighted by atomic mass is 9.75. The molecule has 8 heteroatoms. The highest BCUT2D eigenvalue weighted by atomic mass is 35.5. The van der Waals surface area contributed by atoms with Gasteiger partial charge < -0.3 is 20.5 Å². The molecule has 1 fully saturated rings. The van der Waals surface area contributed by atoms with Gasteiger partial charge in [0.05, 0.1) is 25.1 Å². The molecule has 0 aromatic carbocycles. The van der Waals surface area contributed by atoms with Crippen molar-refractivity contribution >= 4 is 17.4 Å². The Bertz CT molecular complexity index is 851.